The van der Waals surface area contributed by atoms with Crippen LogP contribution in [0.25, 0.3) is 0 Å². The van der Waals surface area contributed by atoms with Gasteiger partial charge in [0, 0.05) is 23.9 Å². The van der Waals surface area contributed by atoms with Gasteiger partial charge in [0.1, 0.15) is 0 Å². The Morgan fingerprint density at radius 1 is 1.41 bits per heavy atom. The van der Waals surface area contributed by atoms with Gasteiger partial charge in [0.05, 0.1) is 6.54 Å². The fourth-order valence-electron chi connectivity index (χ4n) is 2.92. The molecular formula is C13H23N3S. The van der Waals surface area contributed by atoms with Gasteiger partial charge in [-0.3, -0.25) is 4.99 Å². The number of likely N-dealkylation sites (N-methyl/N-ethyl adjacent to an activating group) is 1. The minimum atomic E-state index is 0.423. The summed E-state index contributed by atoms with van der Waals surface area (Å²) in [5, 5.41) is 4.88. The largest absolute Gasteiger partial charge is 0.359 e. The lowest BCUT2D eigenvalue weighted by atomic mass is 10.0. The van der Waals surface area contributed by atoms with Gasteiger partial charge in [-0.15, -0.1) is 0 Å². The van der Waals surface area contributed by atoms with Crippen LogP contribution in [0.2, 0.25) is 0 Å². The third-order valence-electron chi connectivity index (χ3n) is 4.30. The molecule has 2 aliphatic carbocycles. The van der Waals surface area contributed by atoms with Crippen LogP contribution in [0.5, 0.6) is 0 Å². The first-order valence-corrected chi connectivity index (χ1v) is 7.92. The lowest BCUT2D eigenvalue weighted by Crippen LogP contribution is -2.40. The van der Waals surface area contributed by atoms with Crippen molar-refractivity contribution in [2.24, 2.45) is 4.99 Å². The van der Waals surface area contributed by atoms with Gasteiger partial charge < -0.3 is 10.2 Å². The SMILES string of the molecule is CN(CCN=C1NC2(CCCC2)CS1)C1CC1. The zero-order valence-corrected chi connectivity index (χ0v) is 11.6. The lowest BCUT2D eigenvalue weighted by molar-refractivity contribution is 0.334. The van der Waals surface area contributed by atoms with Gasteiger partial charge in [-0.25, -0.2) is 0 Å². The quantitative estimate of drug-likeness (QED) is 0.831. The van der Waals surface area contributed by atoms with Crippen molar-refractivity contribution in [3.8, 4) is 0 Å². The molecule has 96 valence electrons. The molecule has 1 saturated heterocycles. The Morgan fingerprint density at radius 3 is 2.88 bits per heavy atom. The second-order valence-corrected chi connectivity index (χ2v) is 6.76. The number of aliphatic imine (C=N–C) groups is 1. The Bertz CT molecular complexity index is 306. The summed E-state index contributed by atoms with van der Waals surface area (Å²) in [5.74, 6) is 1.24. The molecule has 0 aromatic carbocycles. The van der Waals surface area contributed by atoms with Crippen molar-refractivity contribution >= 4 is 16.9 Å². The Balaban J connectivity index is 1.45. The average Bonchev–Trinajstić information content (AvgIpc) is 2.98. The molecule has 0 aromatic rings. The number of hydrogen-bond acceptors (Lipinski definition) is 3. The topological polar surface area (TPSA) is 27.6 Å². The molecule has 1 aliphatic heterocycles. The Morgan fingerprint density at radius 2 is 2.18 bits per heavy atom. The van der Waals surface area contributed by atoms with Gasteiger partial charge in [0.25, 0.3) is 0 Å². The first-order chi connectivity index (χ1) is 8.27. The number of nitrogens with one attached hydrogen (secondary N) is 1. The first kappa shape index (κ1) is 11.8. The van der Waals surface area contributed by atoms with E-state index in [1.165, 1.54) is 49.4 Å². The summed E-state index contributed by atoms with van der Waals surface area (Å²) in [6.07, 6.45) is 8.27. The lowest BCUT2D eigenvalue weighted by Gasteiger charge is -2.21. The molecule has 0 unspecified atom stereocenters. The van der Waals surface area contributed by atoms with E-state index in [-0.39, 0.29) is 0 Å². The molecule has 1 spiro atoms. The standard InChI is InChI=1S/C13H23N3S/c1-16(11-4-5-11)9-8-14-12-15-13(10-17-12)6-2-3-7-13/h11H,2-10H2,1H3,(H,14,15). The van der Waals surface area contributed by atoms with Crippen LogP contribution >= 0.6 is 11.8 Å². The van der Waals surface area contributed by atoms with Crippen molar-refractivity contribution < 1.29 is 0 Å². The molecular weight excluding hydrogens is 230 g/mol. The second-order valence-electron chi connectivity index (χ2n) is 5.80. The second kappa shape index (κ2) is 4.81. The zero-order valence-electron chi connectivity index (χ0n) is 10.7. The average molecular weight is 253 g/mol. The van der Waals surface area contributed by atoms with E-state index in [2.05, 4.69) is 17.3 Å². The van der Waals surface area contributed by atoms with Crippen LogP contribution in [0, 0.1) is 0 Å². The fourth-order valence-corrected chi connectivity index (χ4v) is 4.16. The van der Waals surface area contributed by atoms with Crippen molar-refractivity contribution in [2.45, 2.75) is 50.1 Å². The summed E-state index contributed by atoms with van der Waals surface area (Å²) in [6, 6.07) is 0.862. The van der Waals surface area contributed by atoms with E-state index in [0.717, 1.165) is 19.1 Å². The first-order valence-electron chi connectivity index (χ1n) is 6.93. The third-order valence-corrected chi connectivity index (χ3v) is 5.50. The van der Waals surface area contributed by atoms with Gasteiger partial charge >= 0.3 is 0 Å². The van der Waals surface area contributed by atoms with Gasteiger partial charge in [-0.05, 0) is 32.7 Å². The van der Waals surface area contributed by atoms with E-state index in [4.69, 9.17) is 4.99 Å². The summed E-state index contributed by atoms with van der Waals surface area (Å²) in [6.45, 7) is 2.07. The Kier molecular flexibility index (Phi) is 3.35. The molecule has 0 amide bonds. The van der Waals surface area contributed by atoms with Crippen LogP contribution in [0.3, 0.4) is 0 Å². The molecule has 17 heavy (non-hydrogen) atoms. The highest BCUT2D eigenvalue weighted by Crippen LogP contribution is 2.37. The highest BCUT2D eigenvalue weighted by atomic mass is 32.2. The fraction of sp³-hybridized carbons (Fsp3) is 0.923. The number of hydrogen-bond donors (Lipinski definition) is 1. The number of amidine groups is 1. The van der Waals surface area contributed by atoms with Crippen molar-refractivity contribution in [3.05, 3.63) is 0 Å². The smallest absolute Gasteiger partial charge is 0.157 e. The molecule has 3 nitrogen and oxygen atoms in total. The van der Waals surface area contributed by atoms with E-state index in [1.54, 1.807) is 0 Å². The molecule has 0 bridgehead atoms. The summed E-state index contributed by atoms with van der Waals surface area (Å²) in [7, 11) is 2.23. The Hall–Kier alpha value is -0.220. The van der Waals surface area contributed by atoms with Crippen molar-refractivity contribution in [1.29, 1.82) is 0 Å². The molecule has 3 fully saturated rings. The van der Waals surface area contributed by atoms with Crippen LogP contribution in [-0.2, 0) is 0 Å². The highest BCUT2D eigenvalue weighted by Gasteiger charge is 2.39. The van der Waals surface area contributed by atoms with Crippen molar-refractivity contribution in [3.63, 3.8) is 0 Å². The van der Waals surface area contributed by atoms with E-state index < -0.39 is 0 Å². The summed E-state index contributed by atoms with van der Waals surface area (Å²) in [5.41, 5.74) is 0.423. The normalized spacial score (nSPS) is 29.4. The van der Waals surface area contributed by atoms with E-state index >= 15 is 0 Å². The number of thioether (sulfide) groups is 1. The number of rotatable bonds is 4. The van der Waals surface area contributed by atoms with E-state index in [1.807, 2.05) is 11.8 Å². The summed E-state index contributed by atoms with van der Waals surface area (Å²) >= 11 is 1.93. The van der Waals surface area contributed by atoms with Crippen LogP contribution < -0.4 is 5.32 Å². The monoisotopic (exact) mass is 253 g/mol. The van der Waals surface area contributed by atoms with E-state index in [0.29, 0.717) is 5.54 Å². The molecule has 0 atom stereocenters. The van der Waals surface area contributed by atoms with E-state index in [9.17, 15) is 0 Å². The molecule has 3 aliphatic rings. The summed E-state index contributed by atoms with van der Waals surface area (Å²) in [4.78, 5) is 7.17. The molecule has 1 heterocycles. The molecule has 0 radical (unpaired) electrons. The van der Waals surface area contributed by atoms with Crippen molar-refractivity contribution in [2.75, 3.05) is 25.9 Å². The summed E-state index contributed by atoms with van der Waals surface area (Å²) < 4.78 is 0. The predicted octanol–water partition coefficient (Wildman–Crippen LogP) is 2.09. The molecule has 4 heteroatoms. The van der Waals surface area contributed by atoms with Crippen LogP contribution in [-0.4, -0.2) is 47.5 Å². The molecule has 1 N–H and O–H groups in total. The van der Waals surface area contributed by atoms with Gasteiger partial charge in [-0.1, -0.05) is 24.6 Å². The van der Waals surface area contributed by atoms with Gasteiger partial charge in [-0.2, -0.15) is 0 Å². The third kappa shape index (κ3) is 2.79. The van der Waals surface area contributed by atoms with Crippen LogP contribution in [0.15, 0.2) is 4.99 Å². The Labute approximate surface area is 108 Å². The van der Waals surface area contributed by atoms with Gasteiger partial charge in [0.15, 0.2) is 5.17 Å². The molecule has 2 saturated carbocycles. The highest BCUT2D eigenvalue weighted by molar-refractivity contribution is 8.14. The van der Waals surface area contributed by atoms with Crippen LogP contribution in [0.4, 0.5) is 0 Å². The minimum absolute atomic E-state index is 0.423. The maximum atomic E-state index is 4.72. The predicted molar refractivity (Wildman–Crippen MR) is 74.7 cm³/mol. The molecule has 0 aromatic heterocycles. The molecule has 3 rings (SSSR count). The van der Waals surface area contributed by atoms with Crippen molar-refractivity contribution in [1.82, 2.24) is 10.2 Å². The zero-order chi connectivity index (χ0) is 11.7. The maximum absolute atomic E-state index is 4.72. The number of nitrogens with zero attached hydrogens (tertiary/aromatic N) is 2. The van der Waals surface area contributed by atoms with Gasteiger partial charge in [0.2, 0.25) is 0 Å². The van der Waals surface area contributed by atoms with Crippen LogP contribution in [0.1, 0.15) is 38.5 Å². The minimum Gasteiger partial charge on any atom is -0.359 e. The maximum Gasteiger partial charge on any atom is 0.157 e.